The molecule has 2 aliphatic heterocycles. The summed E-state index contributed by atoms with van der Waals surface area (Å²) in [6.45, 7) is 1.26. The van der Waals surface area contributed by atoms with Gasteiger partial charge in [-0.05, 0) is 22.4 Å². The maximum atomic E-state index is 11.7. The lowest BCUT2D eigenvalue weighted by Gasteiger charge is -2.21. The molecule has 1 unspecified atom stereocenters. The number of amides is 1. The van der Waals surface area contributed by atoms with Crippen LogP contribution in [0.3, 0.4) is 0 Å². The number of hydrogen-bond acceptors (Lipinski definition) is 4. The highest BCUT2D eigenvalue weighted by Crippen LogP contribution is 2.30. The lowest BCUT2D eigenvalue weighted by Crippen LogP contribution is -2.35. The molecule has 2 aliphatic rings. The quantitative estimate of drug-likeness (QED) is 0.787. The fourth-order valence-electron chi connectivity index (χ4n) is 2.16. The van der Waals surface area contributed by atoms with Gasteiger partial charge in [0.2, 0.25) is 5.91 Å². The van der Waals surface area contributed by atoms with Gasteiger partial charge < -0.3 is 14.2 Å². The van der Waals surface area contributed by atoms with Crippen molar-refractivity contribution in [3.63, 3.8) is 0 Å². The monoisotopic (exact) mass is 286 g/mol. The molecule has 2 atom stereocenters. The number of nitrogens with zero attached hydrogens (tertiary/aromatic N) is 2. The van der Waals surface area contributed by atoms with Crippen LogP contribution in [0.25, 0.3) is 0 Å². The Morgan fingerprint density at radius 3 is 3.06 bits per heavy atom. The molecule has 3 rings (SSSR count). The fourth-order valence-corrected chi connectivity index (χ4v) is 2.48. The Balaban J connectivity index is 1.74. The van der Waals surface area contributed by atoms with Crippen molar-refractivity contribution < 1.29 is 14.1 Å². The Morgan fingerprint density at radius 1 is 1.62 bits per heavy atom. The first-order valence-electron chi connectivity index (χ1n) is 5.26. The minimum atomic E-state index is 0.174. The molecule has 5 nitrogen and oxygen atoms in total. The van der Waals surface area contributed by atoms with Crippen LogP contribution in [0.2, 0.25) is 0 Å². The van der Waals surface area contributed by atoms with E-state index in [0.29, 0.717) is 23.3 Å². The number of halogens is 1. The van der Waals surface area contributed by atoms with Crippen molar-refractivity contribution in [2.75, 3.05) is 6.61 Å². The third kappa shape index (κ3) is 1.87. The number of carbonyl (C=O) groups excluding carboxylic acids is 1. The second kappa shape index (κ2) is 3.85. The van der Waals surface area contributed by atoms with E-state index >= 15 is 0 Å². The van der Waals surface area contributed by atoms with Crippen LogP contribution in [0.1, 0.15) is 18.6 Å². The van der Waals surface area contributed by atoms with Gasteiger partial charge in [0.05, 0.1) is 19.2 Å². The van der Waals surface area contributed by atoms with E-state index in [1.807, 2.05) is 4.90 Å². The third-order valence-electron chi connectivity index (χ3n) is 3.02. The summed E-state index contributed by atoms with van der Waals surface area (Å²) in [4.78, 5) is 13.6. The molecule has 1 aromatic heterocycles. The minimum Gasteiger partial charge on any atom is -0.371 e. The van der Waals surface area contributed by atoms with E-state index in [0.717, 1.165) is 13.0 Å². The van der Waals surface area contributed by atoms with Crippen molar-refractivity contribution in [3.8, 4) is 0 Å². The van der Waals surface area contributed by atoms with Gasteiger partial charge in [0.1, 0.15) is 10.7 Å². The van der Waals surface area contributed by atoms with E-state index in [-0.39, 0.29) is 18.1 Å². The summed E-state index contributed by atoms with van der Waals surface area (Å²) in [6.07, 6.45) is 1.73. The number of hydrogen-bond donors (Lipinski definition) is 0. The molecule has 86 valence electrons. The molecule has 2 saturated heterocycles. The molecule has 0 N–H and O–H groups in total. The largest absolute Gasteiger partial charge is 0.371 e. The van der Waals surface area contributed by atoms with Gasteiger partial charge in [0.15, 0.2) is 5.76 Å². The molecule has 1 amide bonds. The van der Waals surface area contributed by atoms with Crippen LogP contribution in [0.15, 0.2) is 15.2 Å². The van der Waals surface area contributed by atoms with Gasteiger partial charge in [0, 0.05) is 12.5 Å². The van der Waals surface area contributed by atoms with Crippen molar-refractivity contribution in [3.05, 3.63) is 16.4 Å². The normalized spacial score (nSPS) is 28.8. The van der Waals surface area contributed by atoms with Crippen molar-refractivity contribution in [2.45, 2.75) is 31.5 Å². The summed E-state index contributed by atoms with van der Waals surface area (Å²) < 4.78 is 11.0. The van der Waals surface area contributed by atoms with Crippen LogP contribution in [-0.2, 0) is 16.1 Å². The first-order valence-corrected chi connectivity index (χ1v) is 6.05. The molecule has 0 aromatic carbocycles. The van der Waals surface area contributed by atoms with Gasteiger partial charge in [-0.3, -0.25) is 4.79 Å². The highest BCUT2D eigenvalue weighted by atomic mass is 79.9. The Kier molecular flexibility index (Phi) is 2.48. The Labute approximate surface area is 101 Å². The number of aromatic nitrogens is 1. The summed E-state index contributed by atoms with van der Waals surface area (Å²) in [5.74, 6) is 0.876. The summed E-state index contributed by atoms with van der Waals surface area (Å²) in [7, 11) is 0. The Morgan fingerprint density at radius 2 is 2.44 bits per heavy atom. The maximum absolute atomic E-state index is 11.7. The number of carbonyl (C=O) groups is 1. The molecule has 0 aliphatic carbocycles. The number of ether oxygens (including phenoxy) is 1. The SMILES string of the molecule is O=C1CC[C@H](C2CO2)N1Cc1cc(Br)no1. The molecule has 6 heteroatoms. The number of likely N-dealkylation sites (tertiary alicyclic amines) is 1. The van der Waals surface area contributed by atoms with Crippen LogP contribution < -0.4 is 0 Å². The molecule has 2 fully saturated rings. The zero-order valence-electron chi connectivity index (χ0n) is 8.56. The lowest BCUT2D eigenvalue weighted by atomic mass is 10.1. The zero-order chi connectivity index (χ0) is 11.1. The zero-order valence-corrected chi connectivity index (χ0v) is 10.1. The van der Waals surface area contributed by atoms with E-state index in [2.05, 4.69) is 21.1 Å². The Hall–Kier alpha value is -0.880. The van der Waals surface area contributed by atoms with E-state index in [4.69, 9.17) is 9.26 Å². The summed E-state index contributed by atoms with van der Waals surface area (Å²) in [5, 5.41) is 3.74. The van der Waals surface area contributed by atoms with E-state index in [9.17, 15) is 4.79 Å². The molecular formula is C10H11BrN2O3. The van der Waals surface area contributed by atoms with Crippen LogP contribution >= 0.6 is 15.9 Å². The summed E-state index contributed by atoms with van der Waals surface area (Å²) in [6, 6.07) is 2.01. The van der Waals surface area contributed by atoms with Gasteiger partial charge in [0.25, 0.3) is 0 Å². The first-order chi connectivity index (χ1) is 7.74. The molecular weight excluding hydrogens is 276 g/mol. The highest BCUT2D eigenvalue weighted by molar-refractivity contribution is 9.10. The van der Waals surface area contributed by atoms with Crippen molar-refractivity contribution in [2.24, 2.45) is 0 Å². The summed E-state index contributed by atoms with van der Waals surface area (Å²) in [5.41, 5.74) is 0. The Bertz CT molecular complexity index is 416. The second-order valence-electron chi connectivity index (χ2n) is 4.12. The van der Waals surface area contributed by atoms with Crippen molar-refractivity contribution >= 4 is 21.8 Å². The summed E-state index contributed by atoms with van der Waals surface area (Å²) >= 11 is 3.22. The molecule has 1 aromatic rings. The molecule has 16 heavy (non-hydrogen) atoms. The van der Waals surface area contributed by atoms with Gasteiger partial charge in [-0.1, -0.05) is 5.16 Å². The third-order valence-corrected chi connectivity index (χ3v) is 3.39. The average molecular weight is 287 g/mol. The lowest BCUT2D eigenvalue weighted by molar-refractivity contribution is -0.130. The van der Waals surface area contributed by atoms with Crippen LogP contribution in [0, 0.1) is 0 Å². The van der Waals surface area contributed by atoms with Crippen molar-refractivity contribution in [1.29, 1.82) is 0 Å². The van der Waals surface area contributed by atoms with Crippen molar-refractivity contribution in [1.82, 2.24) is 10.1 Å². The smallest absolute Gasteiger partial charge is 0.223 e. The van der Waals surface area contributed by atoms with E-state index in [1.165, 1.54) is 0 Å². The van der Waals surface area contributed by atoms with E-state index in [1.54, 1.807) is 6.07 Å². The maximum Gasteiger partial charge on any atom is 0.223 e. The number of epoxide rings is 1. The topological polar surface area (TPSA) is 58.9 Å². The predicted molar refractivity (Wildman–Crippen MR) is 57.5 cm³/mol. The van der Waals surface area contributed by atoms with Crippen LogP contribution in [0.5, 0.6) is 0 Å². The van der Waals surface area contributed by atoms with Crippen LogP contribution in [0.4, 0.5) is 0 Å². The van der Waals surface area contributed by atoms with Gasteiger partial charge >= 0.3 is 0 Å². The standard InChI is InChI=1S/C10H11BrN2O3/c11-9-3-6(16-12-9)4-13-7(8-5-15-8)1-2-10(13)14/h3,7-8H,1-2,4-5H2/t7-,8?/m1/s1. The molecule has 0 bridgehead atoms. The number of rotatable bonds is 3. The second-order valence-corrected chi connectivity index (χ2v) is 4.93. The van der Waals surface area contributed by atoms with Crippen LogP contribution in [-0.4, -0.2) is 34.7 Å². The van der Waals surface area contributed by atoms with E-state index < -0.39 is 0 Å². The van der Waals surface area contributed by atoms with Gasteiger partial charge in [-0.25, -0.2) is 0 Å². The van der Waals surface area contributed by atoms with Gasteiger partial charge in [-0.2, -0.15) is 0 Å². The van der Waals surface area contributed by atoms with Gasteiger partial charge in [-0.15, -0.1) is 0 Å². The first kappa shape index (κ1) is 10.3. The minimum absolute atomic E-state index is 0.174. The molecule has 0 radical (unpaired) electrons. The average Bonchev–Trinajstić information content (AvgIpc) is 2.93. The highest BCUT2D eigenvalue weighted by Gasteiger charge is 2.43. The fraction of sp³-hybridized carbons (Fsp3) is 0.600. The molecule has 0 saturated carbocycles. The molecule has 0 spiro atoms. The predicted octanol–water partition coefficient (Wildman–Crippen LogP) is 1.33. The molecule has 3 heterocycles.